The van der Waals surface area contributed by atoms with E-state index in [1.165, 1.54) is 12.3 Å². The first-order chi connectivity index (χ1) is 12.0. The molecule has 1 aromatic rings. The summed E-state index contributed by atoms with van der Waals surface area (Å²) < 4.78 is 33.0. The van der Waals surface area contributed by atoms with E-state index >= 15 is 0 Å². The number of carbonyl (C=O) groups is 1. The third-order valence-electron chi connectivity index (χ3n) is 4.94. The second-order valence-electron chi connectivity index (χ2n) is 6.82. The van der Waals surface area contributed by atoms with Gasteiger partial charge >= 0.3 is 0 Å². The summed E-state index contributed by atoms with van der Waals surface area (Å²) in [6.07, 6.45) is 5.21. The Kier molecular flexibility index (Phi) is 7.09. The van der Waals surface area contributed by atoms with Crippen LogP contribution in [0.15, 0.2) is 17.2 Å². The average Bonchev–Trinajstić information content (AvgIpc) is 3.33. The summed E-state index contributed by atoms with van der Waals surface area (Å²) in [4.78, 5) is 17.0. The summed E-state index contributed by atoms with van der Waals surface area (Å²) in [5, 5.41) is 3.34. The van der Waals surface area contributed by atoms with Crippen LogP contribution in [0.1, 0.15) is 36.2 Å². The number of nitrogens with zero attached hydrogens (tertiary/aromatic N) is 1. The van der Waals surface area contributed by atoms with Gasteiger partial charge in [-0.15, -0.1) is 12.4 Å². The van der Waals surface area contributed by atoms with Crippen molar-refractivity contribution in [1.82, 2.24) is 19.9 Å². The molecule has 0 aromatic carbocycles. The number of carbonyl (C=O) groups excluding carboxylic acids is 1. The summed E-state index contributed by atoms with van der Waals surface area (Å²) in [7, 11) is -2.08. The van der Waals surface area contributed by atoms with Gasteiger partial charge in [0.2, 0.25) is 10.0 Å². The molecule has 2 aliphatic heterocycles. The van der Waals surface area contributed by atoms with Gasteiger partial charge in [0.25, 0.3) is 5.91 Å². The zero-order valence-corrected chi connectivity index (χ0v) is 16.5. The number of aromatic nitrogens is 1. The number of H-pyrrole nitrogens is 1. The van der Waals surface area contributed by atoms with Crippen LogP contribution in [0, 0.1) is 0 Å². The molecule has 2 saturated heterocycles. The summed E-state index contributed by atoms with van der Waals surface area (Å²) in [5.74, 6) is -0.146. The number of likely N-dealkylation sites (tertiary alicyclic amines) is 1. The van der Waals surface area contributed by atoms with Gasteiger partial charge in [0.15, 0.2) is 0 Å². The molecular formula is C16H27ClN4O4S. The molecule has 3 rings (SSSR count). The van der Waals surface area contributed by atoms with Crippen LogP contribution in [0.3, 0.4) is 0 Å². The highest BCUT2D eigenvalue weighted by Crippen LogP contribution is 2.21. The Morgan fingerprint density at radius 1 is 1.35 bits per heavy atom. The molecule has 0 radical (unpaired) electrons. The fourth-order valence-electron chi connectivity index (χ4n) is 3.53. The quantitative estimate of drug-likeness (QED) is 0.619. The van der Waals surface area contributed by atoms with Crippen molar-refractivity contribution in [3.63, 3.8) is 0 Å². The third-order valence-corrected chi connectivity index (χ3v) is 6.32. The van der Waals surface area contributed by atoms with Crippen molar-refractivity contribution in [3.05, 3.63) is 18.0 Å². The Hall–Kier alpha value is -1.13. The molecule has 0 saturated carbocycles. The molecule has 148 valence electrons. The van der Waals surface area contributed by atoms with E-state index < -0.39 is 10.0 Å². The number of aromatic amines is 1. The molecule has 1 unspecified atom stereocenters. The van der Waals surface area contributed by atoms with Crippen molar-refractivity contribution in [2.45, 2.75) is 36.1 Å². The lowest BCUT2D eigenvalue weighted by Crippen LogP contribution is -2.52. The van der Waals surface area contributed by atoms with E-state index in [-0.39, 0.29) is 35.3 Å². The number of ether oxygens (including phenoxy) is 1. The lowest BCUT2D eigenvalue weighted by atomic mass is 9.99. The number of rotatable bonds is 7. The Labute approximate surface area is 160 Å². The molecule has 8 nitrogen and oxygen atoms in total. The van der Waals surface area contributed by atoms with Gasteiger partial charge in [-0.25, -0.2) is 13.1 Å². The van der Waals surface area contributed by atoms with E-state index in [0.29, 0.717) is 12.3 Å². The molecule has 2 aliphatic rings. The minimum absolute atomic E-state index is 0. The topological polar surface area (TPSA) is 104 Å². The van der Waals surface area contributed by atoms with Crippen LogP contribution >= 0.6 is 12.4 Å². The predicted octanol–water partition coefficient (Wildman–Crippen LogP) is 0.719. The zero-order chi connectivity index (χ0) is 17.9. The smallest absolute Gasteiger partial charge is 0.270 e. The summed E-state index contributed by atoms with van der Waals surface area (Å²) in [5.41, 5.74) is -0.0559. The highest BCUT2D eigenvalue weighted by molar-refractivity contribution is 7.89. The molecule has 0 spiro atoms. The summed E-state index contributed by atoms with van der Waals surface area (Å²) in [6.45, 7) is 3.00. The van der Waals surface area contributed by atoms with Gasteiger partial charge in [-0.2, -0.15) is 0 Å². The van der Waals surface area contributed by atoms with Crippen molar-refractivity contribution in [1.29, 1.82) is 0 Å². The predicted molar refractivity (Wildman–Crippen MR) is 100 cm³/mol. The molecule has 3 heterocycles. The number of methoxy groups -OCH3 is 1. The second-order valence-corrected chi connectivity index (χ2v) is 8.58. The third kappa shape index (κ3) is 4.58. The SMILES string of the molecule is COCC1(CNS(=O)(=O)c2c[nH]c(C(=O)N3CCCC3)c2)CCCN1.Cl. The fourth-order valence-corrected chi connectivity index (χ4v) is 4.65. The monoisotopic (exact) mass is 406 g/mol. The fraction of sp³-hybridized carbons (Fsp3) is 0.688. The van der Waals surface area contributed by atoms with Crippen LogP contribution in [0.25, 0.3) is 0 Å². The van der Waals surface area contributed by atoms with Crippen LogP contribution in [0.2, 0.25) is 0 Å². The van der Waals surface area contributed by atoms with Gasteiger partial charge in [0, 0.05) is 32.9 Å². The van der Waals surface area contributed by atoms with E-state index in [1.54, 1.807) is 12.0 Å². The maximum Gasteiger partial charge on any atom is 0.270 e. The molecular weight excluding hydrogens is 380 g/mol. The van der Waals surface area contributed by atoms with Crippen molar-refractivity contribution >= 4 is 28.3 Å². The van der Waals surface area contributed by atoms with Gasteiger partial charge in [-0.05, 0) is 38.3 Å². The first-order valence-corrected chi connectivity index (χ1v) is 10.2. The van der Waals surface area contributed by atoms with E-state index in [4.69, 9.17) is 4.74 Å². The molecule has 3 N–H and O–H groups in total. The van der Waals surface area contributed by atoms with Gasteiger partial charge < -0.3 is 19.9 Å². The van der Waals surface area contributed by atoms with Crippen molar-refractivity contribution in [2.75, 3.05) is 39.9 Å². The molecule has 26 heavy (non-hydrogen) atoms. The molecule has 10 heteroatoms. The average molecular weight is 407 g/mol. The second kappa shape index (κ2) is 8.71. The lowest BCUT2D eigenvalue weighted by molar-refractivity contribution is 0.0787. The minimum Gasteiger partial charge on any atom is -0.383 e. The van der Waals surface area contributed by atoms with Crippen molar-refractivity contribution in [3.8, 4) is 0 Å². The van der Waals surface area contributed by atoms with E-state index in [9.17, 15) is 13.2 Å². The molecule has 1 amide bonds. The Morgan fingerprint density at radius 3 is 2.69 bits per heavy atom. The van der Waals surface area contributed by atoms with Crippen LogP contribution in [0.4, 0.5) is 0 Å². The maximum atomic E-state index is 12.6. The number of amides is 1. The molecule has 0 aliphatic carbocycles. The highest BCUT2D eigenvalue weighted by Gasteiger charge is 2.35. The van der Waals surface area contributed by atoms with Gasteiger partial charge in [-0.3, -0.25) is 4.79 Å². The lowest BCUT2D eigenvalue weighted by Gasteiger charge is -2.28. The number of sulfonamides is 1. The van der Waals surface area contributed by atoms with Crippen molar-refractivity contribution < 1.29 is 17.9 Å². The first kappa shape index (κ1) is 21.2. The van der Waals surface area contributed by atoms with Crippen LogP contribution in [-0.4, -0.2) is 69.6 Å². The Balaban J connectivity index is 0.00000243. The number of halogens is 1. The Morgan fingerprint density at radius 2 is 2.08 bits per heavy atom. The van der Waals surface area contributed by atoms with Crippen LogP contribution in [-0.2, 0) is 14.8 Å². The zero-order valence-electron chi connectivity index (χ0n) is 14.9. The number of hydrogen-bond acceptors (Lipinski definition) is 5. The van der Waals surface area contributed by atoms with Gasteiger partial charge in [-0.1, -0.05) is 0 Å². The van der Waals surface area contributed by atoms with Crippen LogP contribution < -0.4 is 10.0 Å². The van der Waals surface area contributed by atoms with Gasteiger partial charge in [0.1, 0.15) is 10.6 Å². The number of nitrogens with one attached hydrogen (secondary N) is 3. The summed E-state index contributed by atoms with van der Waals surface area (Å²) >= 11 is 0. The molecule has 0 bridgehead atoms. The standard InChI is InChI=1S/C16H26N4O4S.ClH/c1-24-12-16(5-4-6-18-16)11-19-25(22,23)13-9-14(17-10-13)15(21)20-7-2-3-8-20;/h9-10,17-19H,2-8,11-12H2,1H3;1H. The maximum absolute atomic E-state index is 12.6. The van der Waals surface area contributed by atoms with Crippen molar-refractivity contribution in [2.24, 2.45) is 0 Å². The largest absolute Gasteiger partial charge is 0.383 e. The minimum atomic E-state index is -3.69. The van der Waals surface area contributed by atoms with Crippen LogP contribution in [0.5, 0.6) is 0 Å². The van der Waals surface area contributed by atoms with E-state index in [1.807, 2.05) is 0 Å². The highest BCUT2D eigenvalue weighted by atomic mass is 35.5. The molecule has 2 fully saturated rings. The van der Waals surface area contributed by atoms with E-state index in [0.717, 1.165) is 45.3 Å². The normalized spacial score (nSPS) is 23.2. The van der Waals surface area contributed by atoms with E-state index in [2.05, 4.69) is 15.0 Å². The molecule has 1 aromatic heterocycles. The Bertz CT molecular complexity index is 710. The summed E-state index contributed by atoms with van der Waals surface area (Å²) in [6, 6.07) is 1.41. The molecule has 1 atom stereocenters. The van der Waals surface area contributed by atoms with Gasteiger partial charge in [0.05, 0.1) is 12.1 Å². The first-order valence-electron chi connectivity index (χ1n) is 8.67. The number of hydrogen-bond donors (Lipinski definition) is 3.